The molecule has 0 saturated carbocycles. The molecule has 4 aromatic rings. The Bertz CT molecular complexity index is 1420. The zero-order chi connectivity index (χ0) is 24.0. The van der Waals surface area contributed by atoms with Crippen molar-refractivity contribution in [2.24, 2.45) is 0 Å². The molecule has 0 bridgehead atoms. The summed E-state index contributed by atoms with van der Waals surface area (Å²) in [5.41, 5.74) is 2.52. The molecular weight excluding hydrogens is 445 g/mol. The summed E-state index contributed by atoms with van der Waals surface area (Å²) in [5.74, 6) is -0.840. The second kappa shape index (κ2) is 8.36. The van der Waals surface area contributed by atoms with Gasteiger partial charge in [-0.2, -0.15) is 4.39 Å². The summed E-state index contributed by atoms with van der Waals surface area (Å²) in [6.45, 7) is 0.254. The Hall–Kier alpha value is -4.09. The average molecular weight is 465 g/mol. The van der Waals surface area contributed by atoms with Crippen LogP contribution in [0.15, 0.2) is 48.7 Å². The molecule has 1 aliphatic rings. The maximum absolute atomic E-state index is 14.0. The Morgan fingerprint density at radius 3 is 2.79 bits per heavy atom. The number of aliphatic hydroxyl groups is 2. The van der Waals surface area contributed by atoms with Gasteiger partial charge in [0.15, 0.2) is 0 Å². The molecular formula is C23H20FN5O5. The van der Waals surface area contributed by atoms with Gasteiger partial charge in [0.05, 0.1) is 42.2 Å². The molecule has 34 heavy (non-hydrogen) atoms. The van der Waals surface area contributed by atoms with Crippen molar-refractivity contribution >= 4 is 28.2 Å². The number of rotatable bonds is 5. The number of ether oxygens (including phenoxy) is 1. The van der Waals surface area contributed by atoms with Crippen LogP contribution in [-0.2, 0) is 13.0 Å². The highest BCUT2D eigenvalue weighted by atomic mass is 19.1. The number of nitro groups is 1. The van der Waals surface area contributed by atoms with Crippen molar-refractivity contribution in [1.82, 2.24) is 14.5 Å². The van der Waals surface area contributed by atoms with Gasteiger partial charge in [-0.05, 0) is 12.1 Å². The zero-order valence-electron chi connectivity index (χ0n) is 18.0. The monoisotopic (exact) mass is 465 g/mol. The minimum atomic E-state index is -1.02. The van der Waals surface area contributed by atoms with E-state index in [0.717, 1.165) is 34.3 Å². The smallest absolute Gasteiger partial charge is 0.307 e. The van der Waals surface area contributed by atoms with Crippen molar-refractivity contribution in [3.05, 3.63) is 70.3 Å². The van der Waals surface area contributed by atoms with Crippen LogP contribution in [-0.4, -0.2) is 49.0 Å². The predicted molar refractivity (Wildman–Crippen MR) is 122 cm³/mol. The highest BCUT2D eigenvalue weighted by Crippen LogP contribution is 2.38. The second-order valence-electron chi connectivity index (χ2n) is 7.94. The number of aromatic nitrogens is 3. The lowest BCUT2D eigenvalue weighted by molar-refractivity contribution is -0.387. The predicted octanol–water partition coefficient (Wildman–Crippen LogP) is 3.18. The van der Waals surface area contributed by atoms with E-state index in [4.69, 9.17) is 4.74 Å². The first kappa shape index (κ1) is 21.7. The van der Waals surface area contributed by atoms with Crippen LogP contribution in [0.4, 0.5) is 21.7 Å². The van der Waals surface area contributed by atoms with Gasteiger partial charge < -0.3 is 24.8 Å². The number of nitrogens with one attached hydrogen (secondary N) is 1. The van der Waals surface area contributed by atoms with Gasteiger partial charge in [0.2, 0.25) is 11.8 Å². The van der Waals surface area contributed by atoms with Gasteiger partial charge in [-0.1, -0.05) is 18.2 Å². The van der Waals surface area contributed by atoms with Crippen LogP contribution < -0.4 is 10.1 Å². The van der Waals surface area contributed by atoms with Crippen molar-refractivity contribution < 1.29 is 24.3 Å². The van der Waals surface area contributed by atoms with Gasteiger partial charge >= 0.3 is 5.69 Å². The number of hydrogen-bond donors (Lipinski definition) is 3. The first-order chi connectivity index (χ1) is 16.4. The molecule has 3 N–H and O–H groups in total. The SMILES string of the molecule is COc1cc(F)c([N+](=O)[O-])cc1Nc1nccc(-c2c3n(c4ccccc24)CC(O)C(O)C3)n1. The van der Waals surface area contributed by atoms with Gasteiger partial charge in [-0.15, -0.1) is 0 Å². The van der Waals surface area contributed by atoms with Crippen LogP contribution in [0, 0.1) is 15.9 Å². The number of anilines is 2. The molecule has 0 amide bonds. The Morgan fingerprint density at radius 2 is 2.03 bits per heavy atom. The van der Waals surface area contributed by atoms with Gasteiger partial charge in [0.1, 0.15) is 5.75 Å². The molecule has 1 aliphatic heterocycles. The zero-order valence-corrected chi connectivity index (χ0v) is 18.0. The number of aliphatic hydroxyl groups excluding tert-OH is 2. The minimum Gasteiger partial charge on any atom is -0.494 e. The van der Waals surface area contributed by atoms with Gasteiger partial charge in [-0.3, -0.25) is 10.1 Å². The summed E-state index contributed by atoms with van der Waals surface area (Å²) in [5, 5.41) is 35.5. The van der Waals surface area contributed by atoms with Crippen LogP contribution in [0.5, 0.6) is 5.75 Å². The van der Waals surface area contributed by atoms with E-state index in [-0.39, 0.29) is 30.4 Å². The van der Waals surface area contributed by atoms with E-state index >= 15 is 0 Å². The summed E-state index contributed by atoms with van der Waals surface area (Å²) < 4.78 is 21.1. The molecule has 0 spiro atoms. The maximum Gasteiger partial charge on any atom is 0.307 e. The fraction of sp³-hybridized carbons (Fsp3) is 0.217. The Kier molecular flexibility index (Phi) is 5.34. The number of benzene rings is 2. The van der Waals surface area contributed by atoms with Crippen molar-refractivity contribution in [3.63, 3.8) is 0 Å². The lowest BCUT2D eigenvalue weighted by Gasteiger charge is -2.27. The third-order valence-electron chi connectivity index (χ3n) is 5.92. The van der Waals surface area contributed by atoms with E-state index in [1.165, 1.54) is 13.3 Å². The van der Waals surface area contributed by atoms with E-state index in [2.05, 4.69) is 15.3 Å². The number of halogens is 1. The summed E-state index contributed by atoms with van der Waals surface area (Å²) in [4.78, 5) is 19.1. The molecule has 0 aliphatic carbocycles. The number of hydrogen-bond acceptors (Lipinski definition) is 8. The van der Waals surface area contributed by atoms with E-state index in [1.807, 2.05) is 28.8 Å². The molecule has 2 atom stereocenters. The van der Waals surface area contributed by atoms with Crippen LogP contribution in [0.1, 0.15) is 5.69 Å². The molecule has 0 fully saturated rings. The fourth-order valence-electron chi connectivity index (χ4n) is 4.33. The Balaban J connectivity index is 1.60. The summed E-state index contributed by atoms with van der Waals surface area (Å²) >= 11 is 0. The molecule has 3 heterocycles. The third kappa shape index (κ3) is 3.60. The average Bonchev–Trinajstić information content (AvgIpc) is 3.13. The number of nitrogens with zero attached hydrogens (tertiary/aromatic N) is 4. The van der Waals surface area contributed by atoms with Crippen molar-refractivity contribution in [1.29, 1.82) is 0 Å². The lowest BCUT2D eigenvalue weighted by Crippen LogP contribution is -2.37. The molecule has 11 heteroatoms. The number of nitro benzene ring substituents is 1. The molecule has 2 aromatic heterocycles. The minimum absolute atomic E-state index is 0.0564. The summed E-state index contributed by atoms with van der Waals surface area (Å²) in [6, 6.07) is 11.3. The molecule has 174 valence electrons. The largest absolute Gasteiger partial charge is 0.494 e. The van der Waals surface area contributed by atoms with Crippen LogP contribution in [0.25, 0.3) is 22.2 Å². The first-order valence-electron chi connectivity index (χ1n) is 10.5. The van der Waals surface area contributed by atoms with E-state index in [0.29, 0.717) is 5.69 Å². The van der Waals surface area contributed by atoms with E-state index in [9.17, 15) is 24.7 Å². The number of para-hydroxylation sites is 1. The molecule has 2 aromatic carbocycles. The molecule has 0 saturated heterocycles. The van der Waals surface area contributed by atoms with Gasteiger partial charge in [0, 0.05) is 46.9 Å². The Labute approximate surface area is 192 Å². The van der Waals surface area contributed by atoms with E-state index < -0.39 is 28.6 Å². The topological polar surface area (TPSA) is 136 Å². The number of fused-ring (bicyclic) bond motifs is 3. The van der Waals surface area contributed by atoms with Gasteiger partial charge in [0.25, 0.3) is 0 Å². The second-order valence-corrected chi connectivity index (χ2v) is 7.94. The summed E-state index contributed by atoms with van der Waals surface area (Å²) in [7, 11) is 1.32. The lowest BCUT2D eigenvalue weighted by atomic mass is 9.99. The van der Waals surface area contributed by atoms with Crippen molar-refractivity contribution in [3.8, 4) is 17.0 Å². The van der Waals surface area contributed by atoms with Crippen LogP contribution in [0.3, 0.4) is 0 Å². The van der Waals surface area contributed by atoms with E-state index in [1.54, 1.807) is 6.07 Å². The number of methoxy groups -OCH3 is 1. The third-order valence-corrected chi connectivity index (χ3v) is 5.92. The standard InChI is InChI=1S/C23H20FN5O5/c1-34-21-8-13(24)17(29(32)33)9-15(21)27-23-25-7-6-14(26-23)22-12-4-2-3-5-16(12)28-11-20(31)19(30)10-18(22)28/h2-9,19-20,30-31H,10-11H2,1H3,(H,25,26,27). The molecule has 2 unspecified atom stereocenters. The quantitative estimate of drug-likeness (QED) is 0.302. The maximum atomic E-state index is 14.0. The highest BCUT2D eigenvalue weighted by molar-refractivity contribution is 5.97. The highest BCUT2D eigenvalue weighted by Gasteiger charge is 2.30. The summed E-state index contributed by atoms with van der Waals surface area (Å²) in [6.07, 6.45) is -0.00248. The molecule has 0 radical (unpaired) electrons. The van der Waals surface area contributed by atoms with Crippen molar-refractivity contribution in [2.75, 3.05) is 12.4 Å². The van der Waals surface area contributed by atoms with Crippen molar-refractivity contribution in [2.45, 2.75) is 25.2 Å². The van der Waals surface area contributed by atoms with Crippen LogP contribution >= 0.6 is 0 Å². The molecule has 5 rings (SSSR count). The molecule has 10 nitrogen and oxygen atoms in total. The normalized spacial score (nSPS) is 17.4. The van der Waals surface area contributed by atoms with Gasteiger partial charge in [-0.25, -0.2) is 9.97 Å². The fourth-order valence-corrected chi connectivity index (χ4v) is 4.33. The van der Waals surface area contributed by atoms with Crippen LogP contribution in [0.2, 0.25) is 0 Å². The first-order valence-corrected chi connectivity index (χ1v) is 10.5. The Morgan fingerprint density at radius 1 is 1.24 bits per heavy atom.